The number of sulfonamides is 1. The molecule has 2 unspecified atom stereocenters. The summed E-state index contributed by atoms with van der Waals surface area (Å²) in [5.74, 6) is -1.12. The third-order valence-corrected chi connectivity index (χ3v) is 6.90. The molecule has 0 bridgehead atoms. The molecule has 3 rings (SSSR count). The fourth-order valence-electron chi connectivity index (χ4n) is 3.86. The third-order valence-electron chi connectivity index (χ3n) is 5.09. The predicted octanol–water partition coefficient (Wildman–Crippen LogP) is 1.19. The lowest BCUT2D eigenvalue weighted by Gasteiger charge is -2.25. The van der Waals surface area contributed by atoms with E-state index in [9.17, 15) is 18.3 Å². The van der Waals surface area contributed by atoms with Crippen molar-refractivity contribution in [2.45, 2.75) is 11.8 Å². The van der Waals surface area contributed by atoms with Gasteiger partial charge in [0.25, 0.3) is 0 Å². The van der Waals surface area contributed by atoms with Crippen LogP contribution in [0.4, 0.5) is 0 Å². The van der Waals surface area contributed by atoms with Gasteiger partial charge in [0.05, 0.1) is 10.3 Å². The number of aliphatic carboxylic acids is 1. The zero-order chi connectivity index (χ0) is 17.5. The van der Waals surface area contributed by atoms with E-state index in [0.29, 0.717) is 19.6 Å². The molecule has 2 saturated heterocycles. The van der Waals surface area contributed by atoms with Crippen molar-refractivity contribution >= 4 is 16.0 Å². The fourth-order valence-corrected chi connectivity index (χ4v) is 5.52. The first-order valence-electron chi connectivity index (χ1n) is 7.93. The average Bonchev–Trinajstić information content (AvgIpc) is 3.03. The van der Waals surface area contributed by atoms with Crippen molar-refractivity contribution in [3.05, 3.63) is 42.5 Å². The Morgan fingerprint density at radius 1 is 1.42 bits per heavy atom. The summed E-state index contributed by atoms with van der Waals surface area (Å²) in [6.45, 7) is 7.36. The second-order valence-electron chi connectivity index (χ2n) is 6.76. The molecule has 130 valence electrons. The lowest BCUT2D eigenvalue weighted by Crippen LogP contribution is -2.42. The molecular weight excluding hydrogens is 328 g/mol. The molecule has 0 aliphatic carbocycles. The average molecular weight is 350 g/mol. The van der Waals surface area contributed by atoms with Gasteiger partial charge >= 0.3 is 5.97 Å². The van der Waals surface area contributed by atoms with E-state index in [0.717, 1.165) is 5.56 Å². The maximum atomic E-state index is 12.9. The van der Waals surface area contributed by atoms with E-state index in [1.807, 2.05) is 17.9 Å². The number of likely N-dealkylation sites (tertiary alicyclic amines) is 1. The van der Waals surface area contributed by atoms with E-state index in [2.05, 4.69) is 6.58 Å². The number of hydrogen-bond donors (Lipinski definition) is 1. The zero-order valence-electron chi connectivity index (χ0n) is 13.7. The van der Waals surface area contributed by atoms with Crippen molar-refractivity contribution < 1.29 is 18.3 Å². The molecule has 0 spiro atoms. The van der Waals surface area contributed by atoms with Crippen LogP contribution in [0.3, 0.4) is 0 Å². The normalized spacial score (nSPS) is 28.0. The first-order chi connectivity index (χ1) is 11.3. The number of carboxylic acids is 1. The van der Waals surface area contributed by atoms with Crippen LogP contribution in [0, 0.1) is 18.3 Å². The Balaban J connectivity index is 1.89. The largest absolute Gasteiger partial charge is 0.481 e. The monoisotopic (exact) mass is 350 g/mol. The number of carbonyl (C=O) groups is 1. The van der Waals surface area contributed by atoms with Gasteiger partial charge in [-0.05, 0) is 24.6 Å². The van der Waals surface area contributed by atoms with Crippen LogP contribution in [0.25, 0.3) is 0 Å². The second-order valence-corrected chi connectivity index (χ2v) is 8.69. The van der Waals surface area contributed by atoms with Crippen molar-refractivity contribution in [2.24, 2.45) is 11.3 Å². The summed E-state index contributed by atoms with van der Waals surface area (Å²) in [4.78, 5) is 14.2. The highest BCUT2D eigenvalue weighted by atomic mass is 32.2. The standard InChI is InChI=1S/C17H22N2O4S/c1-3-7-18-9-14-10-19(12-17(14,11-18)16(20)21)24(22,23)15-6-4-5-13(2)8-15/h3-6,8,14H,1,7,9-12H2,2H3,(H,20,21). The number of hydrogen-bond acceptors (Lipinski definition) is 4. The first kappa shape index (κ1) is 17.1. The Morgan fingerprint density at radius 2 is 2.17 bits per heavy atom. The van der Waals surface area contributed by atoms with Gasteiger partial charge in [-0.25, -0.2) is 8.42 Å². The Hall–Kier alpha value is -1.70. The Labute approximate surface area is 142 Å². The van der Waals surface area contributed by atoms with Crippen LogP contribution in [0.5, 0.6) is 0 Å². The number of carboxylic acid groups (broad SMARTS) is 1. The molecule has 7 heteroatoms. The summed E-state index contributed by atoms with van der Waals surface area (Å²) >= 11 is 0. The Bertz CT molecular complexity index is 777. The molecule has 0 radical (unpaired) electrons. The zero-order valence-corrected chi connectivity index (χ0v) is 14.5. The van der Waals surface area contributed by atoms with Crippen LogP contribution in [0.1, 0.15) is 5.56 Å². The summed E-state index contributed by atoms with van der Waals surface area (Å²) in [6, 6.07) is 6.73. The summed E-state index contributed by atoms with van der Waals surface area (Å²) in [6.07, 6.45) is 1.75. The van der Waals surface area contributed by atoms with Crippen LogP contribution in [-0.4, -0.2) is 61.4 Å². The minimum absolute atomic E-state index is 0.0247. The number of nitrogens with zero attached hydrogens (tertiary/aromatic N) is 2. The van der Waals surface area contributed by atoms with E-state index < -0.39 is 21.4 Å². The molecule has 6 nitrogen and oxygen atoms in total. The van der Waals surface area contributed by atoms with Crippen molar-refractivity contribution in [1.82, 2.24) is 9.21 Å². The maximum absolute atomic E-state index is 12.9. The van der Waals surface area contributed by atoms with Gasteiger partial charge in [-0.1, -0.05) is 18.2 Å². The Kier molecular flexibility index (Phi) is 4.27. The summed E-state index contributed by atoms with van der Waals surface area (Å²) in [5.41, 5.74) is -0.166. The SMILES string of the molecule is C=CCN1CC2CN(S(=O)(=O)c3cccc(C)c3)CC2(C(=O)O)C1. The van der Waals surface area contributed by atoms with Gasteiger partial charge in [-0.15, -0.1) is 6.58 Å². The van der Waals surface area contributed by atoms with Crippen LogP contribution in [0.2, 0.25) is 0 Å². The molecule has 0 aromatic heterocycles. The minimum Gasteiger partial charge on any atom is -0.481 e. The molecule has 2 fully saturated rings. The summed E-state index contributed by atoms with van der Waals surface area (Å²) in [7, 11) is -3.67. The molecule has 1 aromatic rings. The summed E-state index contributed by atoms with van der Waals surface area (Å²) < 4.78 is 27.1. The number of benzene rings is 1. The van der Waals surface area contributed by atoms with Crippen LogP contribution < -0.4 is 0 Å². The topological polar surface area (TPSA) is 77.9 Å². The lowest BCUT2D eigenvalue weighted by atomic mass is 9.81. The van der Waals surface area contributed by atoms with Crippen LogP contribution in [0.15, 0.2) is 41.8 Å². The molecule has 0 saturated carbocycles. The molecule has 2 heterocycles. The molecule has 2 aliphatic heterocycles. The molecule has 1 N–H and O–H groups in total. The van der Waals surface area contributed by atoms with Crippen molar-refractivity contribution in [2.75, 3.05) is 32.7 Å². The van der Waals surface area contributed by atoms with E-state index in [1.165, 1.54) is 4.31 Å². The molecular formula is C17H22N2O4S. The van der Waals surface area contributed by atoms with Gasteiger partial charge in [0.2, 0.25) is 10.0 Å². The van der Waals surface area contributed by atoms with Gasteiger partial charge in [-0.3, -0.25) is 9.69 Å². The van der Waals surface area contributed by atoms with Crippen molar-refractivity contribution in [1.29, 1.82) is 0 Å². The quantitative estimate of drug-likeness (QED) is 0.807. The minimum atomic E-state index is -3.67. The fraction of sp³-hybridized carbons (Fsp3) is 0.471. The first-order valence-corrected chi connectivity index (χ1v) is 9.37. The number of fused-ring (bicyclic) bond motifs is 1. The predicted molar refractivity (Wildman–Crippen MR) is 90.1 cm³/mol. The highest BCUT2D eigenvalue weighted by Crippen LogP contribution is 2.44. The van der Waals surface area contributed by atoms with Gasteiger partial charge in [0.1, 0.15) is 0 Å². The molecule has 0 amide bonds. The van der Waals surface area contributed by atoms with E-state index in [-0.39, 0.29) is 23.9 Å². The molecule has 1 aromatic carbocycles. The second kappa shape index (κ2) is 5.98. The molecule has 2 aliphatic rings. The van der Waals surface area contributed by atoms with E-state index >= 15 is 0 Å². The highest BCUT2D eigenvalue weighted by molar-refractivity contribution is 7.89. The highest BCUT2D eigenvalue weighted by Gasteiger charge is 2.59. The molecule has 24 heavy (non-hydrogen) atoms. The molecule has 2 atom stereocenters. The smallest absolute Gasteiger partial charge is 0.312 e. The van der Waals surface area contributed by atoms with Crippen molar-refractivity contribution in [3.63, 3.8) is 0 Å². The van der Waals surface area contributed by atoms with Gasteiger partial charge in [0.15, 0.2) is 0 Å². The Morgan fingerprint density at radius 3 is 2.75 bits per heavy atom. The number of aryl methyl sites for hydroxylation is 1. The maximum Gasteiger partial charge on any atom is 0.312 e. The van der Waals surface area contributed by atoms with Crippen LogP contribution in [-0.2, 0) is 14.8 Å². The van der Waals surface area contributed by atoms with Crippen molar-refractivity contribution in [3.8, 4) is 0 Å². The number of rotatable bonds is 5. The van der Waals surface area contributed by atoms with Gasteiger partial charge < -0.3 is 5.11 Å². The third kappa shape index (κ3) is 2.66. The summed E-state index contributed by atoms with van der Waals surface area (Å²) in [5, 5.41) is 9.78. The van der Waals surface area contributed by atoms with E-state index in [1.54, 1.807) is 24.3 Å². The van der Waals surface area contributed by atoms with Crippen LogP contribution >= 0.6 is 0 Å². The van der Waals surface area contributed by atoms with E-state index in [4.69, 9.17) is 0 Å². The lowest BCUT2D eigenvalue weighted by molar-refractivity contribution is -0.148. The van der Waals surface area contributed by atoms with Gasteiger partial charge in [0, 0.05) is 38.6 Å². The van der Waals surface area contributed by atoms with Gasteiger partial charge in [-0.2, -0.15) is 4.31 Å².